The zero-order valence-corrected chi connectivity index (χ0v) is 23.7. The van der Waals surface area contributed by atoms with Gasteiger partial charge in [-0.2, -0.15) is 5.21 Å². The van der Waals surface area contributed by atoms with Gasteiger partial charge in [0, 0.05) is 17.5 Å². The highest BCUT2D eigenvalue weighted by atomic mass is 16.5. The monoisotopic (exact) mass is 550 g/mol. The Morgan fingerprint density at radius 3 is 2.34 bits per heavy atom. The molecular formula is C31H34N8O2. The summed E-state index contributed by atoms with van der Waals surface area (Å²) in [5.41, 5.74) is 5.28. The summed E-state index contributed by atoms with van der Waals surface area (Å²) in [6, 6.07) is 16.2. The number of hydrogen-bond acceptors (Lipinski definition) is 8. The summed E-state index contributed by atoms with van der Waals surface area (Å²) in [5.74, 6) is 1.98. The quantitative estimate of drug-likeness (QED) is 0.208. The third-order valence-corrected chi connectivity index (χ3v) is 6.94. The van der Waals surface area contributed by atoms with E-state index in [9.17, 15) is 4.79 Å². The standard InChI is InChI=1S/C31H34N8O2/c1-4-6-12-28-27(30(40)39(21(3)34-28)31-32-19-24(20-33-31)41-17-7-5-2)18-22-13-15-23(16-14-22)25-10-8-9-11-26(25)29-35-37-38-36-29/h8-11,13-16,19-20H,4-7,12,17-18H2,1-3H3,(H,35,36,37,38). The number of tetrazole rings is 1. The van der Waals surface area contributed by atoms with Gasteiger partial charge >= 0.3 is 0 Å². The normalized spacial score (nSPS) is 11.1. The number of nitrogens with zero attached hydrogens (tertiary/aromatic N) is 7. The molecule has 0 bridgehead atoms. The third kappa shape index (κ3) is 6.37. The Bertz CT molecular complexity index is 1630. The van der Waals surface area contributed by atoms with Gasteiger partial charge in [0.1, 0.15) is 5.82 Å². The first kappa shape index (κ1) is 27.8. The third-order valence-electron chi connectivity index (χ3n) is 6.94. The van der Waals surface area contributed by atoms with E-state index in [1.54, 1.807) is 12.4 Å². The summed E-state index contributed by atoms with van der Waals surface area (Å²) < 4.78 is 7.19. The van der Waals surface area contributed by atoms with Crippen LogP contribution in [0.2, 0.25) is 0 Å². The van der Waals surface area contributed by atoms with E-state index in [2.05, 4.69) is 68.7 Å². The van der Waals surface area contributed by atoms with E-state index in [0.717, 1.165) is 60.1 Å². The van der Waals surface area contributed by atoms with Gasteiger partial charge < -0.3 is 4.74 Å². The topological polar surface area (TPSA) is 124 Å². The molecule has 5 rings (SSSR count). The summed E-state index contributed by atoms with van der Waals surface area (Å²) in [5, 5.41) is 14.5. The number of H-pyrrole nitrogens is 1. The van der Waals surface area contributed by atoms with Crippen LogP contribution >= 0.6 is 0 Å². The minimum Gasteiger partial charge on any atom is -0.490 e. The van der Waals surface area contributed by atoms with Crippen LogP contribution in [0.1, 0.15) is 62.2 Å². The van der Waals surface area contributed by atoms with E-state index in [0.29, 0.717) is 41.9 Å². The summed E-state index contributed by atoms with van der Waals surface area (Å²) in [4.78, 5) is 27.7. The zero-order valence-electron chi connectivity index (χ0n) is 23.7. The molecule has 0 radical (unpaired) electrons. The summed E-state index contributed by atoms with van der Waals surface area (Å²) in [6.07, 6.45) is 8.39. The molecule has 2 aromatic carbocycles. The van der Waals surface area contributed by atoms with Crippen molar-refractivity contribution in [2.45, 2.75) is 59.3 Å². The molecule has 0 saturated carbocycles. The largest absolute Gasteiger partial charge is 0.490 e. The second-order valence-corrected chi connectivity index (χ2v) is 9.90. The van der Waals surface area contributed by atoms with Crippen molar-refractivity contribution in [2.24, 2.45) is 0 Å². The van der Waals surface area contributed by atoms with Crippen LogP contribution in [0, 0.1) is 6.92 Å². The van der Waals surface area contributed by atoms with Gasteiger partial charge in [0.15, 0.2) is 5.75 Å². The zero-order chi connectivity index (χ0) is 28.6. The number of nitrogens with one attached hydrogen (secondary N) is 1. The highest BCUT2D eigenvalue weighted by molar-refractivity contribution is 5.80. The second-order valence-electron chi connectivity index (χ2n) is 9.90. The number of aryl methyl sites for hydroxylation is 2. The van der Waals surface area contributed by atoms with E-state index in [1.165, 1.54) is 4.57 Å². The molecule has 0 spiro atoms. The number of unbranched alkanes of at least 4 members (excludes halogenated alkanes) is 2. The van der Waals surface area contributed by atoms with Crippen molar-refractivity contribution in [2.75, 3.05) is 6.61 Å². The predicted octanol–water partition coefficient (Wildman–Crippen LogP) is 5.29. The lowest BCUT2D eigenvalue weighted by molar-refractivity contribution is 0.306. The maximum atomic E-state index is 13.9. The van der Waals surface area contributed by atoms with Crippen molar-refractivity contribution in [3.8, 4) is 34.2 Å². The Kier molecular flexibility index (Phi) is 8.88. The van der Waals surface area contributed by atoms with Crippen molar-refractivity contribution in [3.63, 3.8) is 0 Å². The van der Waals surface area contributed by atoms with Gasteiger partial charge in [0.25, 0.3) is 5.56 Å². The smallest absolute Gasteiger partial charge is 0.264 e. The van der Waals surface area contributed by atoms with E-state index >= 15 is 0 Å². The maximum Gasteiger partial charge on any atom is 0.264 e. The van der Waals surface area contributed by atoms with Gasteiger partial charge in [-0.05, 0) is 48.1 Å². The minimum atomic E-state index is -0.144. The van der Waals surface area contributed by atoms with Crippen molar-refractivity contribution in [1.82, 2.24) is 40.1 Å². The Balaban J connectivity index is 1.46. The molecule has 0 unspecified atom stereocenters. The predicted molar refractivity (Wildman–Crippen MR) is 157 cm³/mol. The van der Waals surface area contributed by atoms with Gasteiger partial charge in [0.05, 0.1) is 24.7 Å². The average molecular weight is 551 g/mol. The van der Waals surface area contributed by atoms with Crippen molar-refractivity contribution in [3.05, 3.63) is 93.9 Å². The van der Waals surface area contributed by atoms with E-state index in [-0.39, 0.29) is 5.56 Å². The van der Waals surface area contributed by atoms with Gasteiger partial charge in [-0.15, -0.1) is 10.2 Å². The fraction of sp³-hybridized carbons (Fsp3) is 0.323. The molecule has 0 fully saturated rings. The van der Waals surface area contributed by atoms with Crippen LogP contribution in [0.4, 0.5) is 0 Å². The van der Waals surface area contributed by atoms with Gasteiger partial charge in [-0.1, -0.05) is 75.2 Å². The molecule has 0 aliphatic rings. The first-order valence-electron chi connectivity index (χ1n) is 14.1. The van der Waals surface area contributed by atoms with Crippen LogP contribution in [0.15, 0.2) is 65.7 Å². The number of aromatic amines is 1. The van der Waals surface area contributed by atoms with Crippen LogP contribution in [-0.2, 0) is 12.8 Å². The van der Waals surface area contributed by atoms with Gasteiger partial charge in [-0.25, -0.2) is 19.5 Å². The average Bonchev–Trinajstić information content (AvgIpc) is 3.54. The van der Waals surface area contributed by atoms with Crippen LogP contribution in [0.3, 0.4) is 0 Å². The molecule has 0 atom stereocenters. The van der Waals surface area contributed by atoms with Gasteiger partial charge in [0.2, 0.25) is 11.8 Å². The molecule has 3 aromatic heterocycles. The molecule has 5 aromatic rings. The molecule has 0 amide bonds. The number of hydrogen-bond donors (Lipinski definition) is 1. The first-order valence-corrected chi connectivity index (χ1v) is 14.1. The summed E-state index contributed by atoms with van der Waals surface area (Å²) in [6.45, 7) is 6.68. The molecule has 1 N–H and O–H groups in total. The Morgan fingerprint density at radius 1 is 0.927 bits per heavy atom. The van der Waals surface area contributed by atoms with Crippen molar-refractivity contribution >= 4 is 0 Å². The van der Waals surface area contributed by atoms with E-state index in [1.807, 2.05) is 31.2 Å². The Hall–Kier alpha value is -4.73. The fourth-order valence-corrected chi connectivity index (χ4v) is 4.73. The molecule has 0 aliphatic carbocycles. The van der Waals surface area contributed by atoms with Crippen LogP contribution in [0.5, 0.6) is 5.75 Å². The molecule has 41 heavy (non-hydrogen) atoms. The lowest BCUT2D eigenvalue weighted by Gasteiger charge is -2.15. The minimum absolute atomic E-state index is 0.144. The summed E-state index contributed by atoms with van der Waals surface area (Å²) in [7, 11) is 0. The molecule has 0 aliphatic heterocycles. The summed E-state index contributed by atoms with van der Waals surface area (Å²) >= 11 is 0. The van der Waals surface area contributed by atoms with Gasteiger partial charge in [-0.3, -0.25) is 4.79 Å². The molecule has 0 saturated heterocycles. The molecule has 3 heterocycles. The first-order chi connectivity index (χ1) is 20.1. The van der Waals surface area contributed by atoms with Crippen molar-refractivity contribution < 1.29 is 4.74 Å². The number of ether oxygens (including phenoxy) is 1. The molecule has 10 nitrogen and oxygen atoms in total. The van der Waals surface area contributed by atoms with Crippen molar-refractivity contribution in [1.29, 1.82) is 0 Å². The highest BCUT2D eigenvalue weighted by Gasteiger charge is 2.18. The number of rotatable bonds is 12. The van der Waals surface area contributed by atoms with E-state index < -0.39 is 0 Å². The second kappa shape index (κ2) is 13.1. The van der Waals surface area contributed by atoms with Crippen LogP contribution < -0.4 is 10.3 Å². The number of benzene rings is 2. The maximum absolute atomic E-state index is 13.9. The van der Waals surface area contributed by atoms with Crippen LogP contribution in [-0.4, -0.2) is 46.8 Å². The Labute approximate surface area is 238 Å². The molecule has 10 heteroatoms. The number of aromatic nitrogens is 8. The lowest BCUT2D eigenvalue weighted by Crippen LogP contribution is -2.29. The Morgan fingerprint density at radius 2 is 1.66 bits per heavy atom. The molecular weight excluding hydrogens is 516 g/mol. The highest BCUT2D eigenvalue weighted by Crippen LogP contribution is 2.30. The molecule has 210 valence electrons. The lowest BCUT2D eigenvalue weighted by atomic mass is 9.96. The fourth-order valence-electron chi connectivity index (χ4n) is 4.73. The SMILES string of the molecule is CCCCOc1cnc(-n2c(C)nc(CCCC)c(Cc3ccc(-c4ccccc4-c4nn[nH]n4)cc3)c2=O)nc1. The van der Waals surface area contributed by atoms with E-state index in [4.69, 9.17) is 9.72 Å². The van der Waals surface area contributed by atoms with Crippen LogP contribution in [0.25, 0.3) is 28.5 Å².